The molecule has 5 aliphatic rings. The molecular weight excluding hydrogens is 751 g/mol. The van der Waals surface area contributed by atoms with Gasteiger partial charge in [-0.25, -0.2) is 19.4 Å². The lowest BCUT2D eigenvalue weighted by Crippen LogP contribution is -2.66. The third-order valence-electron chi connectivity index (χ3n) is 12.5. The summed E-state index contributed by atoms with van der Waals surface area (Å²) in [6, 6.07) is 23.0. The number of urea groups is 1. The van der Waals surface area contributed by atoms with Crippen molar-refractivity contribution < 1.29 is 23.9 Å². The number of nitrogen functional groups attached to an aromatic ring is 1. The van der Waals surface area contributed by atoms with Crippen LogP contribution in [0.4, 0.5) is 16.3 Å². The molecule has 7 heterocycles. The molecule has 4 fully saturated rings. The minimum absolute atomic E-state index is 0.0588. The molecule has 3 N–H and O–H groups in total. The summed E-state index contributed by atoms with van der Waals surface area (Å²) in [5.74, 6) is 0.976. The van der Waals surface area contributed by atoms with Crippen LogP contribution in [0.2, 0.25) is 0 Å². The van der Waals surface area contributed by atoms with Crippen LogP contribution < -0.4 is 20.7 Å². The number of aromatic nitrogens is 4. The number of hydrogen-bond acceptors (Lipinski definition) is 11. The first-order valence-electron chi connectivity index (χ1n) is 20.4. The molecule has 4 saturated heterocycles. The van der Waals surface area contributed by atoms with E-state index >= 15 is 0 Å². The van der Waals surface area contributed by atoms with Crippen molar-refractivity contribution in [2.24, 2.45) is 0 Å². The van der Waals surface area contributed by atoms with E-state index in [1.165, 1.54) is 6.33 Å². The van der Waals surface area contributed by atoms with E-state index in [0.717, 1.165) is 61.6 Å². The van der Waals surface area contributed by atoms with Gasteiger partial charge in [0.25, 0.3) is 5.91 Å². The number of likely N-dealkylation sites (tertiary alicyclic amines) is 2. The molecule has 0 aliphatic carbocycles. The summed E-state index contributed by atoms with van der Waals surface area (Å²) in [6.45, 7) is 6.39. The number of anilines is 2. The average Bonchev–Trinajstić information content (AvgIpc) is 3.79. The maximum atomic E-state index is 13.9. The summed E-state index contributed by atoms with van der Waals surface area (Å²) < 4.78 is 7.93. The summed E-state index contributed by atoms with van der Waals surface area (Å²) in [7, 11) is 0. The van der Waals surface area contributed by atoms with E-state index in [2.05, 4.69) is 31.2 Å². The van der Waals surface area contributed by atoms with Crippen molar-refractivity contribution in [3.63, 3.8) is 0 Å². The molecule has 0 radical (unpaired) electrons. The first-order chi connectivity index (χ1) is 28.8. The maximum absolute atomic E-state index is 13.9. The second kappa shape index (κ2) is 15.0. The van der Waals surface area contributed by atoms with Gasteiger partial charge < -0.3 is 30.1 Å². The standard InChI is InChI=1S/C43H45N11O5/c44-39-37-38(27-8-11-33(12-9-27)59-32-6-2-1-3-7-32)48-54(40(37)46-26-45-39)30-5-4-16-51(23-30)43(58)52-24-31(25-52)50-19-17-49(18-20-50)29-10-13-34-28(21-29)22-53(42(34)57)35-14-15-36(55)47-41(35)56/h1-3,6-13,21,26,30-31,35H,4-5,14-20,22-25H2,(H2,44,45,46)(H,47,55,56)/t30-,35-/m1/s1. The van der Waals surface area contributed by atoms with E-state index in [1.807, 2.05) is 81.2 Å². The van der Waals surface area contributed by atoms with Gasteiger partial charge in [-0.15, -0.1) is 0 Å². The number of carbonyl (C=O) groups excluding carboxylic acids is 4. The molecule has 5 aromatic rings. The Hall–Kier alpha value is -6.55. The molecule has 2 atom stereocenters. The molecule has 5 amide bonds. The number of nitrogens with zero attached hydrogens (tertiary/aromatic N) is 9. The smallest absolute Gasteiger partial charge is 0.320 e. The van der Waals surface area contributed by atoms with E-state index in [0.29, 0.717) is 79.0 Å². The van der Waals surface area contributed by atoms with Crippen molar-refractivity contribution in [1.82, 2.24) is 44.7 Å². The van der Waals surface area contributed by atoms with E-state index in [-0.39, 0.29) is 30.3 Å². The first kappa shape index (κ1) is 36.8. The Balaban J connectivity index is 0.747. The number of hydrogen-bond donors (Lipinski definition) is 2. The number of benzene rings is 3. The van der Waals surface area contributed by atoms with E-state index in [4.69, 9.17) is 15.6 Å². The lowest BCUT2D eigenvalue weighted by Gasteiger charge is -2.50. The van der Waals surface area contributed by atoms with E-state index in [1.54, 1.807) is 4.90 Å². The molecule has 5 aliphatic heterocycles. The Morgan fingerprint density at radius 3 is 2.36 bits per heavy atom. The van der Waals surface area contributed by atoms with Gasteiger partial charge in [-0.3, -0.25) is 24.6 Å². The topological polar surface area (TPSA) is 175 Å². The largest absolute Gasteiger partial charge is 0.457 e. The Morgan fingerprint density at radius 1 is 0.814 bits per heavy atom. The summed E-state index contributed by atoms with van der Waals surface area (Å²) in [4.78, 5) is 70.4. The maximum Gasteiger partial charge on any atom is 0.320 e. The predicted molar refractivity (Wildman–Crippen MR) is 219 cm³/mol. The van der Waals surface area contributed by atoms with Crippen molar-refractivity contribution in [2.45, 2.75) is 50.4 Å². The van der Waals surface area contributed by atoms with Crippen molar-refractivity contribution in [3.05, 3.63) is 90.3 Å². The summed E-state index contributed by atoms with van der Waals surface area (Å²) >= 11 is 0. The van der Waals surface area contributed by atoms with E-state index < -0.39 is 11.9 Å². The van der Waals surface area contributed by atoms with Gasteiger partial charge in [0.1, 0.15) is 35.4 Å². The number of rotatable bonds is 7. The predicted octanol–water partition coefficient (Wildman–Crippen LogP) is 3.89. The van der Waals surface area contributed by atoms with Crippen LogP contribution >= 0.6 is 0 Å². The number of imide groups is 1. The lowest BCUT2D eigenvalue weighted by molar-refractivity contribution is -0.136. The molecule has 2 aromatic heterocycles. The second-order valence-corrected chi connectivity index (χ2v) is 16.0. The third-order valence-corrected chi connectivity index (χ3v) is 12.5. The third kappa shape index (κ3) is 6.86. The van der Waals surface area contributed by atoms with Gasteiger partial charge >= 0.3 is 6.03 Å². The molecule has 302 valence electrons. The van der Waals surface area contributed by atoms with Crippen LogP contribution in [0.5, 0.6) is 11.5 Å². The SMILES string of the molecule is Nc1ncnc2c1c(-c1ccc(Oc3ccccc3)cc1)nn2[C@@H]1CCCN(C(=O)N2CC(N3CCN(c4ccc5c(c4)CN([C@@H]4CCC(=O)NC4=O)C5=O)CC3)C2)C1. The molecule has 0 bridgehead atoms. The van der Waals surface area contributed by atoms with Crippen LogP contribution in [-0.4, -0.2) is 128 Å². The van der Waals surface area contributed by atoms with Gasteiger partial charge in [0, 0.05) is 88.2 Å². The van der Waals surface area contributed by atoms with Crippen LogP contribution in [0.3, 0.4) is 0 Å². The van der Waals surface area contributed by atoms with Crippen molar-refractivity contribution >= 4 is 46.3 Å². The number of amides is 5. The summed E-state index contributed by atoms with van der Waals surface area (Å²) in [5.41, 5.74) is 11.2. The number of ether oxygens (including phenoxy) is 1. The number of piperazine rings is 1. The van der Waals surface area contributed by atoms with Crippen LogP contribution in [-0.2, 0) is 16.1 Å². The zero-order chi connectivity index (χ0) is 40.2. The van der Waals surface area contributed by atoms with Gasteiger partial charge in [0.15, 0.2) is 5.65 Å². The highest BCUT2D eigenvalue weighted by atomic mass is 16.5. The highest BCUT2D eigenvalue weighted by Crippen LogP contribution is 2.36. The van der Waals surface area contributed by atoms with Crippen molar-refractivity contribution in [1.29, 1.82) is 0 Å². The van der Waals surface area contributed by atoms with Gasteiger partial charge in [-0.05, 0) is 79.4 Å². The first-order valence-corrected chi connectivity index (χ1v) is 20.4. The quantitative estimate of drug-likeness (QED) is 0.229. The van der Waals surface area contributed by atoms with Crippen LogP contribution in [0.25, 0.3) is 22.3 Å². The van der Waals surface area contributed by atoms with E-state index in [9.17, 15) is 19.2 Å². The second-order valence-electron chi connectivity index (χ2n) is 16.0. The molecular formula is C43H45N11O5. The minimum atomic E-state index is -0.624. The lowest BCUT2D eigenvalue weighted by atomic mass is 10.0. The normalized spacial score (nSPS) is 21.5. The number of piperidine rings is 2. The Kier molecular flexibility index (Phi) is 9.34. The molecule has 0 unspecified atom stereocenters. The Morgan fingerprint density at radius 2 is 1.58 bits per heavy atom. The molecule has 10 rings (SSSR count). The highest BCUT2D eigenvalue weighted by Gasteiger charge is 2.41. The van der Waals surface area contributed by atoms with Gasteiger partial charge in [0.2, 0.25) is 11.8 Å². The monoisotopic (exact) mass is 795 g/mol. The van der Waals surface area contributed by atoms with Gasteiger partial charge in [0.05, 0.1) is 11.4 Å². The average molecular weight is 796 g/mol. The zero-order valence-electron chi connectivity index (χ0n) is 32.6. The fourth-order valence-electron chi connectivity index (χ4n) is 9.23. The number of nitrogens with one attached hydrogen (secondary N) is 1. The van der Waals surface area contributed by atoms with Crippen LogP contribution in [0.1, 0.15) is 47.6 Å². The van der Waals surface area contributed by atoms with Crippen LogP contribution in [0.15, 0.2) is 79.1 Å². The molecule has 3 aromatic carbocycles. The number of fused-ring (bicyclic) bond motifs is 2. The number of nitrogens with two attached hydrogens (primary N) is 1. The fraction of sp³-hybridized carbons (Fsp3) is 0.372. The zero-order valence-corrected chi connectivity index (χ0v) is 32.6. The number of para-hydroxylation sites is 1. The summed E-state index contributed by atoms with van der Waals surface area (Å²) in [6.07, 6.45) is 3.76. The van der Waals surface area contributed by atoms with Gasteiger partial charge in [-0.2, -0.15) is 5.10 Å². The van der Waals surface area contributed by atoms with Crippen molar-refractivity contribution in [2.75, 3.05) is 63.0 Å². The van der Waals surface area contributed by atoms with Crippen molar-refractivity contribution in [3.8, 4) is 22.8 Å². The number of carbonyl (C=O) groups is 4. The molecule has 0 saturated carbocycles. The van der Waals surface area contributed by atoms with Gasteiger partial charge in [-0.1, -0.05) is 18.2 Å². The summed E-state index contributed by atoms with van der Waals surface area (Å²) in [5, 5.41) is 8.13. The Bertz CT molecular complexity index is 2440. The highest BCUT2D eigenvalue weighted by molar-refractivity contribution is 6.05. The molecule has 16 nitrogen and oxygen atoms in total. The molecule has 0 spiro atoms. The fourth-order valence-corrected chi connectivity index (χ4v) is 9.23. The minimum Gasteiger partial charge on any atom is -0.457 e. The van der Waals surface area contributed by atoms with Crippen LogP contribution in [0, 0.1) is 0 Å². The molecule has 59 heavy (non-hydrogen) atoms. The Labute approximate surface area is 340 Å². The molecule has 16 heteroatoms.